The van der Waals surface area contributed by atoms with Crippen LogP contribution in [-0.2, 0) is 11.2 Å². The van der Waals surface area contributed by atoms with Crippen LogP contribution in [0.4, 0.5) is 10.5 Å². The Kier molecular flexibility index (Phi) is 7.73. The number of rotatable bonds is 7. The fourth-order valence-electron chi connectivity index (χ4n) is 3.13. The third kappa shape index (κ3) is 7.13. The van der Waals surface area contributed by atoms with Crippen LogP contribution in [0.1, 0.15) is 38.7 Å². The van der Waals surface area contributed by atoms with Gasteiger partial charge in [-0.05, 0) is 49.9 Å². The smallest absolute Gasteiger partial charge is 0.315 e. The van der Waals surface area contributed by atoms with E-state index < -0.39 is 0 Å². The minimum Gasteiger partial charge on any atom is -0.338 e. The third-order valence-corrected chi connectivity index (χ3v) is 4.44. The molecule has 6 nitrogen and oxygen atoms in total. The van der Waals surface area contributed by atoms with E-state index in [1.54, 1.807) is 0 Å². The summed E-state index contributed by atoms with van der Waals surface area (Å²) >= 11 is 0. The monoisotopic (exact) mass is 346 g/mol. The highest BCUT2D eigenvalue weighted by molar-refractivity contribution is 5.88. The number of anilines is 1. The summed E-state index contributed by atoms with van der Waals surface area (Å²) in [6.07, 6.45) is 4.00. The average molecular weight is 346 g/mol. The topological polar surface area (TPSA) is 73.5 Å². The molecule has 138 valence electrons. The summed E-state index contributed by atoms with van der Waals surface area (Å²) in [5, 5.41) is 8.74. The van der Waals surface area contributed by atoms with Gasteiger partial charge in [-0.3, -0.25) is 4.79 Å². The zero-order valence-electron chi connectivity index (χ0n) is 15.3. The van der Waals surface area contributed by atoms with Gasteiger partial charge in [-0.15, -0.1) is 0 Å². The molecule has 1 saturated heterocycles. The largest absolute Gasteiger partial charge is 0.338 e. The standard InChI is InChI=1S/C19H30N4O2/c1-3-12-23-13-9-18(10-14-23)22-19(25)20-11-8-16-4-6-17(7-5-16)21-15(2)24/h4-7,18H,3,8-14H2,1-2H3,(H,21,24)(H2,20,22,25). The second-order valence-electron chi connectivity index (χ2n) is 6.64. The molecule has 25 heavy (non-hydrogen) atoms. The van der Waals surface area contributed by atoms with Gasteiger partial charge >= 0.3 is 6.03 Å². The Bertz CT molecular complexity index is 551. The number of likely N-dealkylation sites (tertiary alicyclic amines) is 1. The Morgan fingerprint density at radius 1 is 1.16 bits per heavy atom. The number of hydrogen-bond acceptors (Lipinski definition) is 3. The highest BCUT2D eigenvalue weighted by atomic mass is 16.2. The number of urea groups is 1. The number of carbonyl (C=O) groups excluding carboxylic acids is 2. The number of benzene rings is 1. The zero-order valence-corrected chi connectivity index (χ0v) is 15.3. The van der Waals surface area contributed by atoms with Crippen LogP contribution in [-0.4, -0.2) is 49.1 Å². The highest BCUT2D eigenvalue weighted by Crippen LogP contribution is 2.11. The molecule has 3 amide bonds. The van der Waals surface area contributed by atoms with Gasteiger partial charge in [0.15, 0.2) is 0 Å². The van der Waals surface area contributed by atoms with Gasteiger partial charge in [0.05, 0.1) is 0 Å². The van der Waals surface area contributed by atoms with Gasteiger partial charge in [0, 0.05) is 38.3 Å². The Labute approximate surface area is 150 Å². The van der Waals surface area contributed by atoms with Crippen LogP contribution in [0.3, 0.4) is 0 Å². The predicted octanol–water partition coefficient (Wildman–Crippen LogP) is 2.36. The van der Waals surface area contributed by atoms with Gasteiger partial charge in [-0.2, -0.15) is 0 Å². The summed E-state index contributed by atoms with van der Waals surface area (Å²) in [7, 11) is 0. The second kappa shape index (κ2) is 10.0. The molecule has 0 aliphatic carbocycles. The first-order chi connectivity index (χ1) is 12.1. The van der Waals surface area contributed by atoms with Crippen LogP contribution in [0.15, 0.2) is 24.3 Å². The van der Waals surface area contributed by atoms with Crippen molar-refractivity contribution in [2.24, 2.45) is 0 Å². The molecule has 0 bridgehead atoms. The number of amides is 3. The van der Waals surface area contributed by atoms with E-state index in [9.17, 15) is 9.59 Å². The summed E-state index contributed by atoms with van der Waals surface area (Å²) in [6.45, 7) is 7.58. The Hall–Kier alpha value is -2.08. The summed E-state index contributed by atoms with van der Waals surface area (Å²) in [4.78, 5) is 25.5. The van der Waals surface area contributed by atoms with Crippen LogP contribution in [0.2, 0.25) is 0 Å². The summed E-state index contributed by atoms with van der Waals surface area (Å²) in [5.41, 5.74) is 1.92. The second-order valence-corrected chi connectivity index (χ2v) is 6.64. The molecule has 6 heteroatoms. The van der Waals surface area contributed by atoms with Crippen molar-refractivity contribution in [3.05, 3.63) is 29.8 Å². The number of nitrogens with zero attached hydrogens (tertiary/aromatic N) is 1. The van der Waals surface area contributed by atoms with Crippen LogP contribution in [0.5, 0.6) is 0 Å². The Morgan fingerprint density at radius 2 is 1.84 bits per heavy atom. The molecular weight excluding hydrogens is 316 g/mol. The number of carbonyl (C=O) groups is 2. The average Bonchev–Trinajstić information content (AvgIpc) is 2.58. The lowest BCUT2D eigenvalue weighted by Gasteiger charge is -2.32. The molecular formula is C19H30N4O2. The molecule has 0 aromatic heterocycles. The molecule has 0 radical (unpaired) electrons. The van der Waals surface area contributed by atoms with Crippen molar-refractivity contribution < 1.29 is 9.59 Å². The van der Waals surface area contributed by atoms with Crippen molar-refractivity contribution >= 4 is 17.6 Å². The van der Waals surface area contributed by atoms with Crippen molar-refractivity contribution in [1.29, 1.82) is 0 Å². The van der Waals surface area contributed by atoms with E-state index >= 15 is 0 Å². The first-order valence-electron chi connectivity index (χ1n) is 9.20. The molecule has 1 aliphatic heterocycles. The lowest BCUT2D eigenvalue weighted by Crippen LogP contribution is -2.48. The van der Waals surface area contributed by atoms with Gasteiger partial charge in [0.25, 0.3) is 0 Å². The molecule has 1 aromatic carbocycles. The van der Waals surface area contributed by atoms with E-state index in [4.69, 9.17) is 0 Å². The Balaban J connectivity index is 1.63. The maximum atomic E-state index is 12.0. The van der Waals surface area contributed by atoms with Crippen LogP contribution in [0, 0.1) is 0 Å². The van der Waals surface area contributed by atoms with Crippen LogP contribution < -0.4 is 16.0 Å². The number of piperidine rings is 1. The molecule has 1 heterocycles. The molecule has 0 spiro atoms. The number of hydrogen-bond donors (Lipinski definition) is 3. The van der Waals surface area contributed by atoms with E-state index in [2.05, 4.69) is 27.8 Å². The van der Waals surface area contributed by atoms with Gasteiger partial charge in [-0.25, -0.2) is 4.79 Å². The maximum absolute atomic E-state index is 12.0. The molecule has 1 aliphatic rings. The molecule has 3 N–H and O–H groups in total. The summed E-state index contributed by atoms with van der Waals surface area (Å²) in [6, 6.07) is 7.89. The van der Waals surface area contributed by atoms with Crippen molar-refractivity contribution in [2.45, 2.75) is 45.6 Å². The SMILES string of the molecule is CCCN1CCC(NC(=O)NCCc2ccc(NC(C)=O)cc2)CC1. The molecule has 0 atom stereocenters. The quantitative estimate of drug-likeness (QED) is 0.710. The predicted molar refractivity (Wildman–Crippen MR) is 101 cm³/mol. The van der Waals surface area contributed by atoms with Crippen LogP contribution >= 0.6 is 0 Å². The van der Waals surface area contributed by atoms with Crippen LogP contribution in [0.25, 0.3) is 0 Å². The van der Waals surface area contributed by atoms with Gasteiger partial charge in [0.2, 0.25) is 5.91 Å². The first kappa shape index (κ1) is 19.2. The van der Waals surface area contributed by atoms with Gasteiger partial charge in [0.1, 0.15) is 0 Å². The maximum Gasteiger partial charge on any atom is 0.315 e. The summed E-state index contributed by atoms with van der Waals surface area (Å²) in [5.74, 6) is -0.0772. The van der Waals surface area contributed by atoms with Crippen molar-refractivity contribution in [1.82, 2.24) is 15.5 Å². The third-order valence-electron chi connectivity index (χ3n) is 4.44. The molecule has 0 unspecified atom stereocenters. The molecule has 1 fully saturated rings. The van der Waals surface area contributed by atoms with Crippen molar-refractivity contribution in [3.8, 4) is 0 Å². The minimum absolute atomic E-state index is 0.0772. The fourth-order valence-corrected chi connectivity index (χ4v) is 3.13. The molecule has 2 rings (SSSR count). The van der Waals surface area contributed by atoms with Gasteiger partial charge < -0.3 is 20.9 Å². The van der Waals surface area contributed by atoms with E-state index in [0.717, 1.165) is 50.1 Å². The van der Waals surface area contributed by atoms with E-state index in [0.29, 0.717) is 6.54 Å². The normalized spacial score (nSPS) is 15.6. The van der Waals surface area contributed by atoms with E-state index in [1.807, 2.05) is 24.3 Å². The van der Waals surface area contributed by atoms with Crippen molar-refractivity contribution in [2.75, 3.05) is 31.5 Å². The lowest BCUT2D eigenvalue weighted by atomic mass is 10.1. The van der Waals surface area contributed by atoms with E-state index in [-0.39, 0.29) is 18.0 Å². The summed E-state index contributed by atoms with van der Waals surface area (Å²) < 4.78 is 0. The fraction of sp³-hybridized carbons (Fsp3) is 0.579. The first-order valence-corrected chi connectivity index (χ1v) is 9.20. The zero-order chi connectivity index (χ0) is 18.1. The Morgan fingerprint density at radius 3 is 2.44 bits per heavy atom. The lowest BCUT2D eigenvalue weighted by molar-refractivity contribution is -0.114. The minimum atomic E-state index is -0.0798. The highest BCUT2D eigenvalue weighted by Gasteiger charge is 2.19. The molecule has 1 aromatic rings. The van der Waals surface area contributed by atoms with Gasteiger partial charge in [-0.1, -0.05) is 19.1 Å². The molecule has 0 saturated carbocycles. The number of nitrogens with one attached hydrogen (secondary N) is 3. The van der Waals surface area contributed by atoms with E-state index in [1.165, 1.54) is 13.3 Å². The van der Waals surface area contributed by atoms with Crippen molar-refractivity contribution in [3.63, 3.8) is 0 Å².